The van der Waals surface area contributed by atoms with E-state index in [0.29, 0.717) is 23.7 Å². The van der Waals surface area contributed by atoms with Gasteiger partial charge in [-0.15, -0.1) is 0 Å². The molecule has 0 saturated heterocycles. The van der Waals surface area contributed by atoms with Gasteiger partial charge in [-0.1, -0.05) is 249 Å². The van der Waals surface area contributed by atoms with Crippen LogP contribution in [0.4, 0.5) is 0 Å². The lowest BCUT2D eigenvalue weighted by Crippen LogP contribution is -2.10. The molecule has 0 heterocycles. The monoisotopic (exact) mass is 825 g/mol. The van der Waals surface area contributed by atoms with Crippen molar-refractivity contribution in [3.63, 3.8) is 0 Å². The summed E-state index contributed by atoms with van der Waals surface area (Å²) in [6.07, 6.45) is 42.3. The van der Waals surface area contributed by atoms with Crippen molar-refractivity contribution in [3.8, 4) is 22.6 Å². The molecule has 0 amide bonds. The summed E-state index contributed by atoms with van der Waals surface area (Å²) in [7, 11) is 0. The second-order valence-electron chi connectivity index (χ2n) is 17.7. The van der Waals surface area contributed by atoms with E-state index in [1.165, 1.54) is 192 Å². The van der Waals surface area contributed by atoms with E-state index in [0.717, 1.165) is 30.6 Å². The van der Waals surface area contributed by atoms with E-state index < -0.39 is 0 Å². The predicted molar refractivity (Wildman–Crippen MR) is 258 cm³/mol. The van der Waals surface area contributed by atoms with Crippen molar-refractivity contribution in [1.82, 2.24) is 0 Å². The van der Waals surface area contributed by atoms with Crippen LogP contribution >= 0.6 is 0 Å². The SMILES string of the molecule is CCCCCCCCCCCCCCCCCCCCOC(C)c1ccc(-c2ccc(C(=O)Oc3ccccc3OCCCCCCCCCCCCCCC)cc2)cc1. The Labute approximate surface area is 369 Å². The van der Waals surface area contributed by atoms with Crippen molar-refractivity contribution in [2.24, 2.45) is 0 Å². The zero-order valence-corrected chi connectivity index (χ0v) is 39.0. The molecule has 0 saturated carbocycles. The number of ether oxygens (including phenoxy) is 3. The summed E-state index contributed by atoms with van der Waals surface area (Å²) in [5.74, 6) is 0.707. The molecule has 60 heavy (non-hydrogen) atoms. The minimum atomic E-state index is -0.380. The van der Waals surface area contributed by atoms with Gasteiger partial charge >= 0.3 is 5.97 Å². The van der Waals surface area contributed by atoms with Crippen molar-refractivity contribution in [1.29, 1.82) is 0 Å². The predicted octanol–water partition coefficient (Wildman–Crippen LogP) is 18.2. The average molecular weight is 825 g/mol. The molecule has 3 rings (SSSR count). The first-order valence-corrected chi connectivity index (χ1v) is 25.4. The van der Waals surface area contributed by atoms with Gasteiger partial charge in [-0.3, -0.25) is 0 Å². The first kappa shape index (κ1) is 51.2. The number of hydrogen-bond donors (Lipinski definition) is 0. The van der Waals surface area contributed by atoms with Crippen molar-refractivity contribution >= 4 is 5.97 Å². The number of carbonyl (C=O) groups is 1. The maximum atomic E-state index is 13.1. The quantitative estimate of drug-likeness (QED) is 0.0327. The van der Waals surface area contributed by atoms with E-state index in [1.54, 1.807) is 6.07 Å². The summed E-state index contributed by atoms with van der Waals surface area (Å²) in [5, 5.41) is 0. The highest BCUT2D eigenvalue weighted by molar-refractivity contribution is 5.92. The molecule has 0 aromatic heterocycles. The molecule has 3 aromatic carbocycles. The van der Waals surface area contributed by atoms with Crippen LogP contribution in [0, 0.1) is 0 Å². The van der Waals surface area contributed by atoms with Crippen LogP contribution in [-0.2, 0) is 4.74 Å². The van der Waals surface area contributed by atoms with Crippen LogP contribution < -0.4 is 9.47 Å². The van der Waals surface area contributed by atoms with Crippen LogP contribution in [0.15, 0.2) is 72.8 Å². The zero-order valence-electron chi connectivity index (χ0n) is 39.0. The van der Waals surface area contributed by atoms with Gasteiger partial charge in [0.25, 0.3) is 0 Å². The van der Waals surface area contributed by atoms with Crippen LogP contribution in [0.1, 0.15) is 242 Å². The maximum Gasteiger partial charge on any atom is 0.343 e. The lowest BCUT2D eigenvalue weighted by atomic mass is 10.0. The standard InChI is InChI=1S/C56H88O4/c1-4-6-8-10-12-14-16-18-19-20-21-22-24-25-27-29-31-35-47-58-49(3)50-39-41-51(42-40-50)52-43-45-53(46-44-52)56(57)60-55-38-34-33-37-54(55)59-48-36-32-30-28-26-23-17-15-13-11-9-7-5-2/h33-34,37-46,49H,4-32,35-36,47-48H2,1-3H3. The summed E-state index contributed by atoms with van der Waals surface area (Å²) >= 11 is 0. The molecule has 0 N–H and O–H groups in total. The summed E-state index contributed by atoms with van der Waals surface area (Å²) in [6, 6.07) is 23.7. The molecular formula is C56H88O4. The first-order valence-electron chi connectivity index (χ1n) is 25.4. The molecule has 0 bridgehead atoms. The topological polar surface area (TPSA) is 44.8 Å². The lowest BCUT2D eigenvalue weighted by molar-refractivity contribution is 0.0627. The van der Waals surface area contributed by atoms with Crippen LogP contribution in [0.25, 0.3) is 11.1 Å². The summed E-state index contributed by atoms with van der Waals surface area (Å²) < 4.78 is 18.1. The molecule has 1 atom stereocenters. The number of benzene rings is 3. The Hall–Kier alpha value is -3.11. The van der Waals surface area contributed by atoms with Crippen molar-refractivity contribution in [2.45, 2.75) is 226 Å². The third-order valence-corrected chi connectivity index (χ3v) is 12.3. The van der Waals surface area contributed by atoms with Gasteiger partial charge in [-0.05, 0) is 60.7 Å². The number of para-hydroxylation sites is 2. The highest BCUT2D eigenvalue weighted by atomic mass is 16.6. The van der Waals surface area contributed by atoms with Crippen LogP contribution in [0.2, 0.25) is 0 Å². The molecule has 3 aromatic rings. The smallest absolute Gasteiger partial charge is 0.343 e. The lowest BCUT2D eigenvalue weighted by Gasteiger charge is -2.14. The Morgan fingerprint density at radius 1 is 0.417 bits per heavy atom. The molecule has 0 aliphatic rings. The van der Waals surface area contributed by atoms with Gasteiger partial charge in [0.15, 0.2) is 11.5 Å². The molecule has 4 nitrogen and oxygen atoms in total. The van der Waals surface area contributed by atoms with Gasteiger partial charge in [0.1, 0.15) is 0 Å². The normalized spacial score (nSPS) is 11.8. The van der Waals surface area contributed by atoms with E-state index in [2.05, 4.69) is 45.0 Å². The maximum absolute atomic E-state index is 13.1. The van der Waals surface area contributed by atoms with Crippen LogP contribution in [0.5, 0.6) is 11.5 Å². The minimum absolute atomic E-state index is 0.0724. The molecule has 0 fully saturated rings. The average Bonchev–Trinajstić information content (AvgIpc) is 3.27. The number of hydrogen-bond acceptors (Lipinski definition) is 4. The minimum Gasteiger partial charge on any atom is -0.490 e. The Balaban J connectivity index is 1.22. The fourth-order valence-corrected chi connectivity index (χ4v) is 8.22. The molecule has 0 aliphatic carbocycles. The number of esters is 1. The Morgan fingerprint density at radius 2 is 0.767 bits per heavy atom. The molecule has 336 valence electrons. The molecule has 0 aliphatic heterocycles. The van der Waals surface area contributed by atoms with E-state index in [-0.39, 0.29) is 12.1 Å². The van der Waals surface area contributed by atoms with Gasteiger partial charge < -0.3 is 14.2 Å². The number of unbranched alkanes of at least 4 members (excludes halogenated alkanes) is 29. The molecular weight excluding hydrogens is 737 g/mol. The highest BCUT2D eigenvalue weighted by Crippen LogP contribution is 2.29. The largest absolute Gasteiger partial charge is 0.490 e. The summed E-state index contributed by atoms with van der Waals surface area (Å²) in [4.78, 5) is 13.1. The second-order valence-corrected chi connectivity index (χ2v) is 17.7. The van der Waals surface area contributed by atoms with Gasteiger partial charge in [-0.25, -0.2) is 4.79 Å². The van der Waals surface area contributed by atoms with Gasteiger partial charge in [0, 0.05) is 6.61 Å². The van der Waals surface area contributed by atoms with Crippen LogP contribution in [0.3, 0.4) is 0 Å². The Morgan fingerprint density at radius 3 is 1.18 bits per heavy atom. The number of rotatable bonds is 39. The highest BCUT2D eigenvalue weighted by Gasteiger charge is 2.13. The van der Waals surface area contributed by atoms with E-state index in [9.17, 15) is 4.79 Å². The first-order chi connectivity index (χ1) is 29.6. The van der Waals surface area contributed by atoms with Gasteiger partial charge in [0.05, 0.1) is 18.3 Å². The van der Waals surface area contributed by atoms with Crippen molar-refractivity contribution < 1.29 is 19.0 Å². The zero-order chi connectivity index (χ0) is 42.6. The fourth-order valence-electron chi connectivity index (χ4n) is 8.22. The van der Waals surface area contributed by atoms with E-state index in [1.807, 2.05) is 42.5 Å². The van der Waals surface area contributed by atoms with Crippen LogP contribution in [-0.4, -0.2) is 19.2 Å². The van der Waals surface area contributed by atoms with E-state index in [4.69, 9.17) is 14.2 Å². The van der Waals surface area contributed by atoms with E-state index >= 15 is 0 Å². The fraction of sp³-hybridized carbons (Fsp3) is 0.661. The third-order valence-electron chi connectivity index (χ3n) is 12.3. The third kappa shape index (κ3) is 24.4. The number of carbonyl (C=O) groups excluding carboxylic acids is 1. The molecule has 4 heteroatoms. The van der Waals surface area contributed by atoms with Gasteiger partial charge in [0.2, 0.25) is 0 Å². The van der Waals surface area contributed by atoms with Crippen molar-refractivity contribution in [2.75, 3.05) is 13.2 Å². The van der Waals surface area contributed by atoms with Gasteiger partial charge in [-0.2, -0.15) is 0 Å². The Bertz CT molecular complexity index is 1430. The second kappa shape index (κ2) is 35.5. The Kier molecular flexibility index (Phi) is 30.3. The van der Waals surface area contributed by atoms with Crippen molar-refractivity contribution in [3.05, 3.63) is 83.9 Å². The summed E-state index contributed by atoms with van der Waals surface area (Å²) in [5.41, 5.74) is 3.88. The molecule has 0 radical (unpaired) electrons. The molecule has 1 unspecified atom stereocenters. The summed E-state index contributed by atoms with van der Waals surface area (Å²) in [6.45, 7) is 8.17. The molecule has 0 spiro atoms.